The lowest BCUT2D eigenvalue weighted by Crippen LogP contribution is -2.32. The van der Waals surface area contributed by atoms with Crippen LogP contribution in [0.25, 0.3) is 0 Å². The van der Waals surface area contributed by atoms with Crippen LogP contribution >= 0.6 is 34.2 Å². The van der Waals surface area contributed by atoms with Gasteiger partial charge in [-0.3, -0.25) is 9.59 Å². The highest BCUT2D eigenvalue weighted by Gasteiger charge is 2.39. The van der Waals surface area contributed by atoms with E-state index in [1.807, 2.05) is 19.1 Å². The quantitative estimate of drug-likeness (QED) is 0.356. The minimum atomic E-state index is -0.624. The Morgan fingerprint density at radius 1 is 1.07 bits per heavy atom. The molecular weight excluding hydrogens is 495 g/mol. The molecule has 144 valence electrons. The van der Waals surface area contributed by atoms with Gasteiger partial charge in [0.25, 0.3) is 11.8 Å². The molecule has 2 aromatic carbocycles. The Kier molecular flexibility index (Phi) is 6.35. The van der Waals surface area contributed by atoms with Crippen molar-refractivity contribution in [1.82, 2.24) is 0 Å². The van der Waals surface area contributed by atoms with Crippen LogP contribution in [0, 0.1) is 3.57 Å². The fourth-order valence-corrected chi connectivity index (χ4v) is 3.12. The van der Waals surface area contributed by atoms with Crippen LogP contribution < -0.4 is 10.2 Å². The Hall–Kier alpha value is -2.39. The third kappa shape index (κ3) is 4.20. The number of halogens is 2. The summed E-state index contributed by atoms with van der Waals surface area (Å²) in [5.41, 5.74) is 1.32. The van der Waals surface area contributed by atoms with Gasteiger partial charge in [0.2, 0.25) is 0 Å². The molecular formula is C20H16ClIN2O4. The lowest BCUT2D eigenvalue weighted by atomic mass is 10.2. The van der Waals surface area contributed by atoms with Gasteiger partial charge in [-0.15, -0.1) is 0 Å². The Morgan fingerprint density at radius 3 is 2.32 bits per heavy atom. The Morgan fingerprint density at radius 2 is 1.71 bits per heavy atom. The SMILES string of the molecule is CCCOC(=O)c1ccc(N2C(=O)C(Cl)=C(Nc3ccc(I)cc3)C2=O)cc1. The second kappa shape index (κ2) is 8.74. The molecule has 2 amide bonds. The number of anilines is 2. The summed E-state index contributed by atoms with van der Waals surface area (Å²) >= 11 is 8.29. The second-order valence-electron chi connectivity index (χ2n) is 5.95. The van der Waals surface area contributed by atoms with Crippen LogP contribution in [0.1, 0.15) is 23.7 Å². The summed E-state index contributed by atoms with van der Waals surface area (Å²) in [7, 11) is 0. The molecule has 0 spiro atoms. The summed E-state index contributed by atoms with van der Waals surface area (Å²) < 4.78 is 6.11. The molecule has 0 saturated carbocycles. The predicted molar refractivity (Wildman–Crippen MR) is 115 cm³/mol. The standard InChI is InChI=1S/C20H16ClIN2O4/c1-2-11-28-20(27)12-3-9-15(10-4-12)24-18(25)16(21)17(19(24)26)23-14-7-5-13(22)6-8-14/h3-10,23H,2,11H2,1H3. The molecule has 0 aliphatic carbocycles. The summed E-state index contributed by atoms with van der Waals surface area (Å²) in [5.74, 6) is -1.64. The molecule has 0 fully saturated rings. The highest BCUT2D eigenvalue weighted by Crippen LogP contribution is 2.30. The number of carbonyl (C=O) groups is 3. The number of hydrogen-bond donors (Lipinski definition) is 1. The minimum absolute atomic E-state index is 0.0132. The summed E-state index contributed by atoms with van der Waals surface area (Å²) in [6, 6.07) is 13.3. The summed E-state index contributed by atoms with van der Waals surface area (Å²) in [6.45, 7) is 2.23. The molecule has 0 radical (unpaired) electrons. The molecule has 0 unspecified atom stereocenters. The minimum Gasteiger partial charge on any atom is -0.462 e. The molecule has 3 rings (SSSR count). The number of nitrogens with zero attached hydrogens (tertiary/aromatic N) is 1. The van der Waals surface area contributed by atoms with Crippen molar-refractivity contribution >= 4 is 63.4 Å². The van der Waals surface area contributed by atoms with E-state index in [1.165, 1.54) is 24.3 Å². The van der Waals surface area contributed by atoms with E-state index in [1.54, 1.807) is 12.1 Å². The van der Waals surface area contributed by atoms with E-state index >= 15 is 0 Å². The van der Waals surface area contributed by atoms with Crippen molar-refractivity contribution in [3.8, 4) is 0 Å². The first kappa shape index (κ1) is 20.3. The number of rotatable bonds is 6. The van der Waals surface area contributed by atoms with Crippen molar-refractivity contribution in [3.05, 3.63) is 68.4 Å². The fraction of sp³-hybridized carbons (Fsp3) is 0.150. The second-order valence-corrected chi connectivity index (χ2v) is 7.57. The Labute approximate surface area is 180 Å². The third-order valence-corrected chi connectivity index (χ3v) is 5.01. The van der Waals surface area contributed by atoms with E-state index in [-0.39, 0.29) is 10.7 Å². The van der Waals surface area contributed by atoms with E-state index in [4.69, 9.17) is 16.3 Å². The maximum Gasteiger partial charge on any atom is 0.338 e. The van der Waals surface area contributed by atoms with Crippen LogP contribution in [0.3, 0.4) is 0 Å². The van der Waals surface area contributed by atoms with E-state index in [2.05, 4.69) is 27.9 Å². The molecule has 8 heteroatoms. The number of nitrogens with one attached hydrogen (secondary N) is 1. The summed E-state index contributed by atoms with van der Waals surface area (Å²) in [4.78, 5) is 38.1. The van der Waals surface area contributed by atoms with E-state index < -0.39 is 17.8 Å². The first-order chi connectivity index (χ1) is 13.4. The van der Waals surface area contributed by atoms with Crippen LogP contribution in [0.15, 0.2) is 59.3 Å². The van der Waals surface area contributed by atoms with Gasteiger partial charge >= 0.3 is 5.97 Å². The number of amides is 2. The van der Waals surface area contributed by atoms with Crippen molar-refractivity contribution in [2.45, 2.75) is 13.3 Å². The predicted octanol–water partition coefficient (Wildman–Crippen LogP) is 4.29. The van der Waals surface area contributed by atoms with Crippen LogP contribution in [0.4, 0.5) is 11.4 Å². The van der Waals surface area contributed by atoms with Gasteiger partial charge in [-0.25, -0.2) is 9.69 Å². The van der Waals surface area contributed by atoms with Crippen LogP contribution in [-0.2, 0) is 14.3 Å². The lowest BCUT2D eigenvalue weighted by Gasteiger charge is -2.15. The van der Waals surface area contributed by atoms with Crippen molar-refractivity contribution in [2.75, 3.05) is 16.8 Å². The average molecular weight is 511 g/mol. The van der Waals surface area contributed by atoms with Crippen LogP contribution in [0.5, 0.6) is 0 Å². The van der Waals surface area contributed by atoms with Gasteiger partial charge in [0.05, 0.1) is 17.9 Å². The number of ether oxygens (including phenoxy) is 1. The van der Waals surface area contributed by atoms with E-state index in [9.17, 15) is 14.4 Å². The number of imide groups is 1. The lowest BCUT2D eigenvalue weighted by molar-refractivity contribution is -0.120. The van der Waals surface area contributed by atoms with Crippen molar-refractivity contribution < 1.29 is 19.1 Å². The van der Waals surface area contributed by atoms with Crippen molar-refractivity contribution in [3.63, 3.8) is 0 Å². The van der Waals surface area contributed by atoms with Gasteiger partial charge in [0.1, 0.15) is 10.7 Å². The number of esters is 1. The fourth-order valence-electron chi connectivity index (χ4n) is 2.55. The first-order valence-electron chi connectivity index (χ1n) is 8.50. The maximum absolute atomic E-state index is 12.8. The molecule has 1 heterocycles. The van der Waals surface area contributed by atoms with Crippen LogP contribution in [-0.4, -0.2) is 24.4 Å². The van der Waals surface area contributed by atoms with E-state index in [0.717, 1.165) is 14.9 Å². The Bertz CT molecular complexity index is 955. The van der Waals surface area contributed by atoms with Crippen molar-refractivity contribution in [1.29, 1.82) is 0 Å². The van der Waals surface area contributed by atoms with Gasteiger partial charge in [-0.2, -0.15) is 0 Å². The van der Waals surface area contributed by atoms with Crippen LogP contribution in [0.2, 0.25) is 0 Å². The molecule has 1 aliphatic rings. The van der Waals surface area contributed by atoms with Gasteiger partial charge in [0, 0.05) is 9.26 Å². The molecule has 1 N–H and O–H groups in total. The zero-order valence-corrected chi connectivity index (χ0v) is 17.8. The van der Waals surface area contributed by atoms with Gasteiger partial charge in [0.15, 0.2) is 0 Å². The summed E-state index contributed by atoms with van der Waals surface area (Å²) in [6.07, 6.45) is 0.723. The molecule has 0 atom stereocenters. The number of carbonyl (C=O) groups excluding carboxylic acids is 3. The largest absolute Gasteiger partial charge is 0.462 e. The smallest absolute Gasteiger partial charge is 0.338 e. The number of hydrogen-bond acceptors (Lipinski definition) is 5. The molecule has 0 saturated heterocycles. The van der Waals surface area contributed by atoms with E-state index in [0.29, 0.717) is 23.5 Å². The highest BCUT2D eigenvalue weighted by atomic mass is 127. The first-order valence-corrected chi connectivity index (χ1v) is 9.96. The zero-order valence-electron chi connectivity index (χ0n) is 14.9. The van der Waals surface area contributed by atoms with Gasteiger partial charge in [-0.1, -0.05) is 18.5 Å². The third-order valence-electron chi connectivity index (χ3n) is 3.94. The molecule has 2 aromatic rings. The van der Waals surface area contributed by atoms with Gasteiger partial charge < -0.3 is 10.1 Å². The number of benzene rings is 2. The Balaban J connectivity index is 1.79. The normalized spacial score (nSPS) is 13.9. The molecule has 0 bridgehead atoms. The molecule has 28 heavy (non-hydrogen) atoms. The monoisotopic (exact) mass is 510 g/mol. The molecule has 6 nitrogen and oxygen atoms in total. The maximum atomic E-state index is 12.8. The molecule has 0 aromatic heterocycles. The molecule has 1 aliphatic heterocycles. The van der Waals surface area contributed by atoms with Crippen molar-refractivity contribution in [2.24, 2.45) is 0 Å². The average Bonchev–Trinajstić information content (AvgIpc) is 2.91. The highest BCUT2D eigenvalue weighted by molar-refractivity contribution is 14.1. The summed E-state index contributed by atoms with van der Waals surface area (Å²) in [5, 5.41) is 2.72. The van der Waals surface area contributed by atoms with Gasteiger partial charge in [-0.05, 0) is 77.5 Å². The zero-order chi connectivity index (χ0) is 20.3. The topological polar surface area (TPSA) is 75.7 Å².